The number of benzene rings is 1. The summed E-state index contributed by atoms with van der Waals surface area (Å²) in [6.07, 6.45) is -11.5. The van der Waals surface area contributed by atoms with Gasteiger partial charge in [0, 0.05) is 6.42 Å². The van der Waals surface area contributed by atoms with Gasteiger partial charge in [0.05, 0.1) is 32.0 Å². The molecule has 32 heavy (non-hydrogen) atoms. The topological polar surface area (TPSA) is 179 Å². The van der Waals surface area contributed by atoms with Gasteiger partial charge in [0.1, 0.15) is 36.1 Å². The number of hydrogen-bond donors (Lipinski definition) is 7. The van der Waals surface area contributed by atoms with Gasteiger partial charge in [-0.1, -0.05) is 30.3 Å². The van der Waals surface area contributed by atoms with Crippen LogP contribution < -0.4 is 0 Å². The summed E-state index contributed by atoms with van der Waals surface area (Å²) in [6.45, 7) is 0.0491. The normalized spacial score (nSPS) is 39.7. The summed E-state index contributed by atoms with van der Waals surface area (Å²) < 4.78 is 21.9. The summed E-state index contributed by atoms with van der Waals surface area (Å²) in [6, 6.07) is 9.24. The van der Waals surface area contributed by atoms with Gasteiger partial charge < -0.3 is 54.7 Å². The van der Waals surface area contributed by atoms with Crippen LogP contribution in [0.15, 0.2) is 30.3 Å². The highest BCUT2D eigenvalue weighted by Crippen LogP contribution is 2.28. The van der Waals surface area contributed by atoms with Crippen molar-refractivity contribution in [1.82, 2.24) is 0 Å². The van der Waals surface area contributed by atoms with Gasteiger partial charge in [-0.25, -0.2) is 0 Å². The van der Waals surface area contributed by atoms with Crippen LogP contribution in [-0.2, 0) is 25.4 Å². The molecule has 2 saturated heterocycles. The predicted octanol–water partition coefficient (Wildman–Crippen LogP) is -2.74. The first-order chi connectivity index (χ1) is 15.2. The van der Waals surface area contributed by atoms with Crippen LogP contribution in [0.3, 0.4) is 0 Å². The van der Waals surface area contributed by atoms with Crippen LogP contribution in [0, 0.1) is 0 Å². The maximum Gasteiger partial charge on any atom is 0.187 e. The second kappa shape index (κ2) is 10.8. The lowest BCUT2D eigenvalue weighted by molar-refractivity contribution is -0.323. The van der Waals surface area contributed by atoms with E-state index >= 15 is 0 Å². The third-order valence-corrected chi connectivity index (χ3v) is 5.80. The number of rotatable bonds is 9. The molecule has 11 heteroatoms. The number of ether oxygens (including phenoxy) is 4. The summed E-state index contributed by atoms with van der Waals surface area (Å²) in [4.78, 5) is 0. The molecule has 0 aromatic heterocycles. The summed E-state index contributed by atoms with van der Waals surface area (Å²) in [5.74, 6) is 0. The van der Waals surface area contributed by atoms with Gasteiger partial charge in [0.25, 0.3) is 0 Å². The zero-order valence-corrected chi connectivity index (χ0v) is 17.7. The van der Waals surface area contributed by atoms with Crippen LogP contribution in [0.2, 0.25) is 0 Å². The third kappa shape index (κ3) is 5.64. The number of aliphatic hydroxyl groups is 7. The zero-order valence-electron chi connectivity index (χ0n) is 17.7. The van der Waals surface area contributed by atoms with Crippen molar-refractivity contribution in [2.75, 3.05) is 19.8 Å². The van der Waals surface area contributed by atoms with E-state index < -0.39 is 67.5 Å². The van der Waals surface area contributed by atoms with Crippen molar-refractivity contribution in [3.63, 3.8) is 0 Å². The molecule has 1 aromatic rings. The first kappa shape index (κ1) is 25.4. The Hall–Kier alpha value is -1.22. The Balaban J connectivity index is 1.63. The number of hydrogen-bond acceptors (Lipinski definition) is 11. The van der Waals surface area contributed by atoms with Crippen molar-refractivity contribution in [1.29, 1.82) is 0 Å². The van der Waals surface area contributed by atoms with Crippen molar-refractivity contribution in [3.8, 4) is 0 Å². The highest BCUT2D eigenvalue weighted by molar-refractivity contribution is 5.15. The van der Waals surface area contributed by atoms with Crippen molar-refractivity contribution in [2.45, 2.75) is 74.3 Å². The molecule has 0 saturated carbocycles. The third-order valence-electron chi connectivity index (χ3n) is 5.80. The fourth-order valence-corrected chi connectivity index (χ4v) is 3.64. The second-order valence-corrected chi connectivity index (χ2v) is 8.34. The van der Waals surface area contributed by atoms with Crippen molar-refractivity contribution >= 4 is 0 Å². The van der Waals surface area contributed by atoms with Gasteiger partial charge in [-0.15, -0.1) is 0 Å². The molecule has 0 spiro atoms. The van der Waals surface area contributed by atoms with E-state index in [0.717, 1.165) is 5.56 Å². The highest BCUT2D eigenvalue weighted by Gasteiger charge is 2.50. The largest absolute Gasteiger partial charge is 0.393 e. The minimum Gasteiger partial charge on any atom is -0.393 e. The number of aliphatic hydroxyl groups excluding tert-OH is 6. The zero-order chi connectivity index (χ0) is 23.5. The molecular weight excluding hydrogens is 428 g/mol. The fraction of sp³-hybridized carbons (Fsp3) is 0.714. The van der Waals surface area contributed by atoms with E-state index in [2.05, 4.69) is 0 Å². The molecule has 182 valence electrons. The van der Waals surface area contributed by atoms with Crippen LogP contribution in [0.5, 0.6) is 0 Å². The Bertz CT molecular complexity index is 704. The summed E-state index contributed by atoms with van der Waals surface area (Å²) in [5.41, 5.74) is -0.993. The molecule has 7 N–H and O–H groups in total. The highest BCUT2D eigenvalue weighted by atomic mass is 16.7. The van der Waals surface area contributed by atoms with Crippen molar-refractivity contribution < 1.29 is 54.7 Å². The van der Waals surface area contributed by atoms with Crippen LogP contribution >= 0.6 is 0 Å². The molecule has 0 bridgehead atoms. The maximum atomic E-state index is 10.3. The van der Waals surface area contributed by atoms with Crippen LogP contribution in [-0.4, -0.2) is 116 Å². The van der Waals surface area contributed by atoms with E-state index in [-0.39, 0.29) is 13.2 Å². The average Bonchev–Trinajstić information content (AvgIpc) is 3.07. The van der Waals surface area contributed by atoms with Gasteiger partial charge in [-0.2, -0.15) is 0 Å². The summed E-state index contributed by atoms with van der Waals surface area (Å²) in [5, 5.41) is 70.3. The summed E-state index contributed by atoms with van der Waals surface area (Å²) >= 11 is 0. The van der Waals surface area contributed by atoms with E-state index in [1.165, 1.54) is 6.92 Å². The molecule has 0 aliphatic carbocycles. The fourth-order valence-electron chi connectivity index (χ4n) is 3.64. The first-order valence-corrected chi connectivity index (χ1v) is 10.5. The Kier molecular flexibility index (Phi) is 8.58. The van der Waals surface area contributed by atoms with Gasteiger partial charge in [0.2, 0.25) is 0 Å². The van der Waals surface area contributed by atoms with Crippen LogP contribution in [0.4, 0.5) is 0 Å². The lowest BCUT2D eigenvalue weighted by atomic mass is 9.98. The Labute approximate surface area is 185 Å². The lowest BCUT2D eigenvalue weighted by Crippen LogP contribution is -2.60. The van der Waals surface area contributed by atoms with Crippen molar-refractivity contribution in [2.24, 2.45) is 0 Å². The predicted molar refractivity (Wildman–Crippen MR) is 107 cm³/mol. The van der Waals surface area contributed by atoms with E-state index in [4.69, 9.17) is 18.9 Å². The molecule has 0 unspecified atom stereocenters. The van der Waals surface area contributed by atoms with Gasteiger partial charge in [-0.3, -0.25) is 0 Å². The van der Waals surface area contributed by atoms with E-state index in [9.17, 15) is 35.7 Å². The van der Waals surface area contributed by atoms with E-state index in [1.807, 2.05) is 30.3 Å². The average molecular weight is 460 g/mol. The standard InChI is InChI=1S/C21H32O11/c1-11(23)13(7-12-5-3-2-4-6-12)31-19-17(26)16(25)15(24)14(32-19)8-29-20-18(27)21(28,9-22)10-30-20/h2-6,11,13-20,22-28H,7-10H2,1H3/t11-,13-,14-,15-,16+,17-,18+,19-,20-,21+/m1/s1. The molecule has 0 amide bonds. The minimum atomic E-state index is -1.88. The molecule has 0 radical (unpaired) electrons. The molecule has 1 aromatic carbocycles. The molecule has 2 aliphatic rings. The smallest absolute Gasteiger partial charge is 0.187 e. The van der Waals surface area contributed by atoms with Gasteiger partial charge in [-0.05, 0) is 12.5 Å². The second-order valence-electron chi connectivity index (χ2n) is 8.34. The van der Waals surface area contributed by atoms with Gasteiger partial charge in [0.15, 0.2) is 12.6 Å². The molecular formula is C21H32O11. The molecule has 3 rings (SSSR count). The summed E-state index contributed by atoms with van der Waals surface area (Å²) in [7, 11) is 0. The minimum absolute atomic E-state index is 0.312. The molecule has 2 fully saturated rings. The molecule has 11 nitrogen and oxygen atoms in total. The van der Waals surface area contributed by atoms with E-state index in [1.54, 1.807) is 0 Å². The van der Waals surface area contributed by atoms with Crippen LogP contribution in [0.1, 0.15) is 12.5 Å². The SMILES string of the molecule is C[C@@H](O)[C@@H](Cc1ccccc1)O[C@@H]1O[C@H](CO[C@@H]2OC[C@@](O)(CO)[C@H]2O)[C@@H](O)[C@H](O)[C@H]1O. The first-order valence-electron chi connectivity index (χ1n) is 10.5. The Morgan fingerprint density at radius 1 is 1.06 bits per heavy atom. The molecule has 2 aliphatic heterocycles. The molecule has 10 atom stereocenters. The lowest BCUT2D eigenvalue weighted by Gasteiger charge is -2.42. The maximum absolute atomic E-state index is 10.3. The van der Waals surface area contributed by atoms with Gasteiger partial charge >= 0.3 is 0 Å². The Morgan fingerprint density at radius 2 is 1.75 bits per heavy atom. The van der Waals surface area contributed by atoms with Crippen LogP contribution in [0.25, 0.3) is 0 Å². The monoisotopic (exact) mass is 460 g/mol. The Morgan fingerprint density at radius 3 is 2.34 bits per heavy atom. The molecule has 2 heterocycles. The van der Waals surface area contributed by atoms with Crippen molar-refractivity contribution in [3.05, 3.63) is 35.9 Å². The quantitative estimate of drug-likeness (QED) is 0.203. The van der Waals surface area contributed by atoms with E-state index in [0.29, 0.717) is 6.42 Å².